The molecule has 0 aliphatic rings. The Morgan fingerprint density at radius 3 is 2.12 bits per heavy atom. The number of carbonyl (C=O) groups is 1. The Kier molecular flexibility index (Phi) is 7.15. The Bertz CT molecular complexity index is 1360. The summed E-state index contributed by atoms with van der Waals surface area (Å²) < 4.78 is 16.4. The summed E-state index contributed by atoms with van der Waals surface area (Å²) in [6.45, 7) is 2.14. The molecule has 0 atom stereocenters. The Hall–Kier alpha value is -4.23. The van der Waals surface area contributed by atoms with Crippen molar-refractivity contribution >= 4 is 16.7 Å². The van der Waals surface area contributed by atoms with Gasteiger partial charge in [-0.25, -0.2) is 0 Å². The molecule has 4 aromatic rings. The van der Waals surface area contributed by atoms with Crippen molar-refractivity contribution in [2.24, 2.45) is 0 Å². The van der Waals surface area contributed by atoms with Gasteiger partial charge >= 0.3 is 5.97 Å². The molecule has 0 bridgehead atoms. The largest absolute Gasteiger partial charge is 0.493 e. The minimum absolute atomic E-state index is 0.141. The molecule has 34 heavy (non-hydrogen) atoms. The molecule has 4 nitrogen and oxygen atoms in total. The molecule has 0 aliphatic carbocycles. The van der Waals surface area contributed by atoms with Crippen LogP contribution in [-0.2, 0) is 16.0 Å². The summed E-state index contributed by atoms with van der Waals surface area (Å²) in [5.74, 6) is 7.66. The minimum atomic E-state index is -0.276. The zero-order chi connectivity index (χ0) is 23.9. The fraction of sp³-hybridized carbons (Fsp3) is 0.167. The summed E-state index contributed by atoms with van der Waals surface area (Å²) >= 11 is 0. The van der Waals surface area contributed by atoms with Crippen LogP contribution in [0.25, 0.3) is 21.9 Å². The number of esters is 1. The number of fused-ring (bicyclic) bond motifs is 1. The Morgan fingerprint density at radius 1 is 0.824 bits per heavy atom. The average Bonchev–Trinajstić information content (AvgIpc) is 2.87. The number of ether oxygens (including phenoxy) is 3. The van der Waals surface area contributed by atoms with Gasteiger partial charge in [-0.3, -0.25) is 4.79 Å². The van der Waals surface area contributed by atoms with Crippen LogP contribution in [0.4, 0.5) is 0 Å². The third kappa shape index (κ3) is 4.89. The highest BCUT2D eigenvalue weighted by Crippen LogP contribution is 2.39. The number of methoxy groups -OCH3 is 2. The van der Waals surface area contributed by atoms with Crippen LogP contribution in [0.15, 0.2) is 78.9 Å². The molecule has 4 aromatic carbocycles. The van der Waals surface area contributed by atoms with Gasteiger partial charge in [0.05, 0.1) is 27.2 Å². The lowest BCUT2D eigenvalue weighted by atomic mass is 9.88. The van der Waals surface area contributed by atoms with E-state index >= 15 is 0 Å². The molecule has 170 valence electrons. The Morgan fingerprint density at radius 2 is 1.47 bits per heavy atom. The molecule has 4 heteroatoms. The van der Waals surface area contributed by atoms with Gasteiger partial charge in [0, 0.05) is 22.1 Å². The molecule has 0 N–H and O–H groups in total. The van der Waals surface area contributed by atoms with Crippen LogP contribution in [0, 0.1) is 11.8 Å². The van der Waals surface area contributed by atoms with Gasteiger partial charge in [0.25, 0.3) is 0 Å². The lowest BCUT2D eigenvalue weighted by Crippen LogP contribution is -2.09. The summed E-state index contributed by atoms with van der Waals surface area (Å²) in [5, 5.41) is 1.83. The highest BCUT2D eigenvalue weighted by molar-refractivity contribution is 5.99. The average molecular weight is 451 g/mol. The van der Waals surface area contributed by atoms with Crippen molar-refractivity contribution in [1.29, 1.82) is 0 Å². The van der Waals surface area contributed by atoms with Crippen LogP contribution in [0.1, 0.15) is 23.6 Å². The molecule has 0 fully saturated rings. The van der Waals surface area contributed by atoms with E-state index in [1.807, 2.05) is 85.8 Å². The van der Waals surface area contributed by atoms with Gasteiger partial charge in [0.1, 0.15) is 0 Å². The first-order valence-electron chi connectivity index (χ1n) is 11.1. The van der Waals surface area contributed by atoms with Crippen molar-refractivity contribution in [2.45, 2.75) is 13.3 Å². The van der Waals surface area contributed by atoms with Gasteiger partial charge < -0.3 is 14.2 Å². The van der Waals surface area contributed by atoms with E-state index in [0.717, 1.165) is 38.6 Å². The molecule has 0 spiro atoms. The third-order valence-corrected chi connectivity index (χ3v) is 5.53. The van der Waals surface area contributed by atoms with Crippen LogP contribution in [0.2, 0.25) is 0 Å². The molecule has 0 heterocycles. The van der Waals surface area contributed by atoms with Crippen molar-refractivity contribution in [1.82, 2.24) is 0 Å². The fourth-order valence-electron chi connectivity index (χ4n) is 4.01. The molecule has 0 radical (unpaired) electrons. The van der Waals surface area contributed by atoms with Gasteiger partial charge in [0.2, 0.25) is 0 Å². The van der Waals surface area contributed by atoms with E-state index in [2.05, 4.69) is 11.8 Å². The maximum atomic E-state index is 12.5. The Balaban J connectivity index is 2.07. The maximum absolute atomic E-state index is 12.5. The van der Waals surface area contributed by atoms with Crippen molar-refractivity contribution in [3.63, 3.8) is 0 Å². The van der Waals surface area contributed by atoms with Gasteiger partial charge in [0.15, 0.2) is 11.5 Å². The number of hydrogen-bond acceptors (Lipinski definition) is 4. The van der Waals surface area contributed by atoms with E-state index in [0.29, 0.717) is 18.1 Å². The summed E-state index contributed by atoms with van der Waals surface area (Å²) in [7, 11) is 3.23. The normalized spacial score (nSPS) is 10.3. The number of benzene rings is 4. The molecular formula is C30H26O4. The van der Waals surface area contributed by atoms with E-state index in [9.17, 15) is 4.79 Å². The highest BCUT2D eigenvalue weighted by Gasteiger charge is 2.19. The molecule has 4 rings (SSSR count). The van der Waals surface area contributed by atoms with Gasteiger partial charge in [-0.15, -0.1) is 0 Å². The first-order valence-corrected chi connectivity index (χ1v) is 11.1. The first kappa shape index (κ1) is 22.9. The fourth-order valence-corrected chi connectivity index (χ4v) is 4.01. The van der Waals surface area contributed by atoms with E-state index < -0.39 is 0 Å². The van der Waals surface area contributed by atoms with Crippen LogP contribution >= 0.6 is 0 Å². The van der Waals surface area contributed by atoms with Gasteiger partial charge in [-0.1, -0.05) is 60.4 Å². The third-order valence-electron chi connectivity index (χ3n) is 5.53. The minimum Gasteiger partial charge on any atom is -0.493 e. The van der Waals surface area contributed by atoms with Gasteiger partial charge in [-0.05, 0) is 53.8 Å². The van der Waals surface area contributed by atoms with Gasteiger partial charge in [-0.2, -0.15) is 0 Å². The van der Waals surface area contributed by atoms with Crippen LogP contribution in [0.5, 0.6) is 11.5 Å². The summed E-state index contributed by atoms with van der Waals surface area (Å²) in [6.07, 6.45) is 0.141. The standard InChI is InChI=1S/C30H26O4/c1-4-34-29(31)19-24-17-23-18-27(32-2)28(33-3)20-26(23)25(16-15-21-11-7-5-8-12-21)30(24)22-13-9-6-10-14-22/h5-14,17-18,20H,4,19H2,1-3H3. The van der Waals surface area contributed by atoms with Crippen LogP contribution in [0.3, 0.4) is 0 Å². The topological polar surface area (TPSA) is 44.8 Å². The first-order chi connectivity index (χ1) is 16.6. The summed E-state index contributed by atoms with van der Waals surface area (Å²) in [4.78, 5) is 12.5. The number of hydrogen-bond donors (Lipinski definition) is 0. The zero-order valence-electron chi connectivity index (χ0n) is 19.6. The van der Waals surface area contributed by atoms with E-state index in [1.165, 1.54) is 0 Å². The van der Waals surface area contributed by atoms with Crippen molar-refractivity contribution < 1.29 is 19.0 Å². The SMILES string of the molecule is CCOC(=O)Cc1cc2cc(OC)c(OC)cc2c(C#Cc2ccccc2)c1-c1ccccc1. The van der Waals surface area contributed by atoms with Crippen molar-refractivity contribution in [3.8, 4) is 34.5 Å². The molecular weight excluding hydrogens is 424 g/mol. The van der Waals surface area contributed by atoms with E-state index in [1.54, 1.807) is 14.2 Å². The van der Waals surface area contributed by atoms with Crippen LogP contribution < -0.4 is 9.47 Å². The van der Waals surface area contributed by atoms with Crippen LogP contribution in [-0.4, -0.2) is 26.8 Å². The van der Waals surface area contributed by atoms with E-state index in [-0.39, 0.29) is 12.4 Å². The maximum Gasteiger partial charge on any atom is 0.310 e. The molecule has 0 unspecified atom stereocenters. The second-order valence-electron chi connectivity index (χ2n) is 7.68. The quantitative estimate of drug-likeness (QED) is 0.266. The van der Waals surface area contributed by atoms with Crippen molar-refractivity contribution in [3.05, 3.63) is 95.6 Å². The predicted molar refractivity (Wildman–Crippen MR) is 135 cm³/mol. The van der Waals surface area contributed by atoms with E-state index in [4.69, 9.17) is 14.2 Å². The summed E-state index contributed by atoms with van der Waals surface area (Å²) in [6, 6.07) is 25.7. The number of rotatable bonds is 6. The monoisotopic (exact) mass is 450 g/mol. The zero-order valence-corrected chi connectivity index (χ0v) is 19.6. The summed E-state index contributed by atoms with van der Waals surface area (Å²) in [5.41, 5.74) is 4.48. The second kappa shape index (κ2) is 10.6. The predicted octanol–water partition coefficient (Wildman–Crippen LogP) is 6.03. The van der Waals surface area contributed by atoms with Crippen molar-refractivity contribution in [2.75, 3.05) is 20.8 Å². The lowest BCUT2D eigenvalue weighted by Gasteiger charge is -2.17. The highest BCUT2D eigenvalue weighted by atomic mass is 16.5. The molecule has 0 aliphatic heterocycles. The molecule has 0 saturated carbocycles. The number of carbonyl (C=O) groups excluding carboxylic acids is 1. The lowest BCUT2D eigenvalue weighted by molar-refractivity contribution is -0.142. The molecule has 0 saturated heterocycles. The second-order valence-corrected chi connectivity index (χ2v) is 7.68. The molecule has 0 aromatic heterocycles. The Labute approximate surface area is 200 Å². The molecule has 0 amide bonds. The smallest absolute Gasteiger partial charge is 0.310 e.